The Morgan fingerprint density at radius 1 is 1.50 bits per heavy atom. The molecule has 2 rings (SSSR count). The summed E-state index contributed by atoms with van der Waals surface area (Å²) in [5.74, 6) is -0.122. The van der Waals surface area contributed by atoms with Gasteiger partial charge in [0.15, 0.2) is 0 Å². The molecule has 20 heavy (non-hydrogen) atoms. The van der Waals surface area contributed by atoms with Crippen LogP contribution in [0.4, 0.5) is 5.69 Å². The second-order valence-electron chi connectivity index (χ2n) is 4.25. The molecule has 0 aliphatic rings. The molecule has 0 fully saturated rings. The molecular weight excluding hydrogens is 298 g/mol. The van der Waals surface area contributed by atoms with Crippen molar-refractivity contribution in [3.63, 3.8) is 0 Å². The number of carbonyl (C=O) groups excluding carboxylic acids is 1. The number of carbonyl (C=O) groups is 1. The van der Waals surface area contributed by atoms with Crippen molar-refractivity contribution < 1.29 is 4.79 Å². The number of halogens is 1. The number of tetrazole rings is 1. The summed E-state index contributed by atoms with van der Waals surface area (Å²) in [7, 11) is 1.73. The summed E-state index contributed by atoms with van der Waals surface area (Å²) in [5.41, 5.74) is 1.56. The van der Waals surface area contributed by atoms with Crippen molar-refractivity contribution in [2.24, 2.45) is 7.05 Å². The number of nitrogens with zero attached hydrogens (tertiary/aromatic N) is 4. The zero-order valence-corrected chi connectivity index (χ0v) is 12.9. The molecule has 2 aromatic rings. The fraction of sp³-hybridized carbons (Fsp3) is 0.333. The maximum absolute atomic E-state index is 12.2. The molecule has 0 bridgehead atoms. The number of amides is 1. The summed E-state index contributed by atoms with van der Waals surface area (Å²) in [6.45, 7) is 3.66. The topological polar surface area (TPSA) is 72.7 Å². The van der Waals surface area contributed by atoms with Crippen LogP contribution in [0.1, 0.15) is 12.5 Å². The van der Waals surface area contributed by atoms with Crippen molar-refractivity contribution in [1.29, 1.82) is 0 Å². The number of anilines is 1. The average molecular weight is 312 g/mol. The number of aryl methyl sites for hydroxylation is 1. The molecule has 1 N–H and O–H groups in total. The van der Waals surface area contributed by atoms with E-state index in [2.05, 4.69) is 20.8 Å². The fourth-order valence-electron chi connectivity index (χ4n) is 1.51. The second-order valence-corrected chi connectivity index (χ2v) is 5.96. The number of benzene rings is 1. The highest BCUT2D eigenvalue weighted by Crippen LogP contribution is 2.25. The van der Waals surface area contributed by atoms with E-state index in [1.807, 2.05) is 13.0 Å². The van der Waals surface area contributed by atoms with Gasteiger partial charge in [0.1, 0.15) is 0 Å². The van der Waals surface area contributed by atoms with Gasteiger partial charge in [0, 0.05) is 17.8 Å². The summed E-state index contributed by atoms with van der Waals surface area (Å²) in [6, 6.07) is 5.41. The maximum atomic E-state index is 12.2. The lowest BCUT2D eigenvalue weighted by atomic mass is 10.2. The van der Waals surface area contributed by atoms with Gasteiger partial charge in [-0.2, -0.15) is 0 Å². The Morgan fingerprint density at radius 3 is 2.90 bits per heavy atom. The Kier molecular flexibility index (Phi) is 4.61. The zero-order chi connectivity index (χ0) is 14.7. The third kappa shape index (κ3) is 3.29. The summed E-state index contributed by atoms with van der Waals surface area (Å²) in [6.07, 6.45) is 0. The third-order valence-electron chi connectivity index (χ3n) is 2.76. The SMILES string of the molecule is Cc1c(Cl)cccc1NC(=O)[C@H](C)Sc1nnnn1C. The fourth-order valence-corrected chi connectivity index (χ4v) is 2.44. The van der Waals surface area contributed by atoms with E-state index in [4.69, 9.17) is 11.6 Å². The highest BCUT2D eigenvalue weighted by molar-refractivity contribution is 8.00. The minimum Gasteiger partial charge on any atom is -0.325 e. The van der Waals surface area contributed by atoms with Crippen LogP contribution in [-0.2, 0) is 11.8 Å². The van der Waals surface area contributed by atoms with Crippen molar-refractivity contribution in [2.75, 3.05) is 5.32 Å². The Hall–Kier alpha value is -1.60. The lowest BCUT2D eigenvalue weighted by Crippen LogP contribution is -2.23. The zero-order valence-electron chi connectivity index (χ0n) is 11.3. The van der Waals surface area contributed by atoms with Gasteiger partial charge in [-0.15, -0.1) is 5.10 Å². The molecule has 8 heteroatoms. The Labute approximate surface area is 125 Å². The molecule has 1 atom stereocenters. The first kappa shape index (κ1) is 14.8. The number of nitrogens with one attached hydrogen (secondary N) is 1. The number of thioether (sulfide) groups is 1. The Bertz CT molecular complexity index is 630. The van der Waals surface area contributed by atoms with Crippen LogP contribution in [0.3, 0.4) is 0 Å². The van der Waals surface area contributed by atoms with Crippen LogP contribution in [0.5, 0.6) is 0 Å². The Morgan fingerprint density at radius 2 is 2.25 bits per heavy atom. The molecule has 1 aromatic carbocycles. The standard InChI is InChI=1S/C12H14ClN5OS/c1-7-9(13)5-4-6-10(7)14-11(19)8(2)20-12-15-16-17-18(12)3/h4-6,8H,1-3H3,(H,14,19)/t8-/m0/s1. The van der Waals surface area contributed by atoms with Crippen molar-refractivity contribution in [3.8, 4) is 0 Å². The lowest BCUT2D eigenvalue weighted by molar-refractivity contribution is -0.115. The molecule has 1 amide bonds. The van der Waals surface area contributed by atoms with Crippen LogP contribution in [0, 0.1) is 6.92 Å². The highest BCUT2D eigenvalue weighted by Gasteiger charge is 2.18. The first-order chi connectivity index (χ1) is 9.49. The van der Waals surface area contributed by atoms with Crippen molar-refractivity contribution in [3.05, 3.63) is 28.8 Å². The molecule has 0 unspecified atom stereocenters. The van der Waals surface area contributed by atoms with Gasteiger partial charge in [0.2, 0.25) is 11.1 Å². The number of hydrogen-bond donors (Lipinski definition) is 1. The van der Waals surface area contributed by atoms with Gasteiger partial charge in [-0.1, -0.05) is 29.4 Å². The van der Waals surface area contributed by atoms with Crippen LogP contribution < -0.4 is 5.32 Å². The molecule has 1 aromatic heterocycles. The molecule has 0 aliphatic carbocycles. The largest absolute Gasteiger partial charge is 0.325 e. The first-order valence-corrected chi connectivity index (χ1v) is 7.20. The molecule has 0 saturated carbocycles. The predicted octanol–water partition coefficient (Wildman–Crippen LogP) is 2.29. The van der Waals surface area contributed by atoms with Gasteiger partial charge >= 0.3 is 0 Å². The van der Waals surface area contributed by atoms with Crippen LogP contribution in [-0.4, -0.2) is 31.4 Å². The van der Waals surface area contributed by atoms with Gasteiger partial charge in [0.05, 0.1) is 5.25 Å². The van der Waals surface area contributed by atoms with E-state index in [0.717, 1.165) is 5.56 Å². The summed E-state index contributed by atoms with van der Waals surface area (Å²) in [4.78, 5) is 12.2. The molecule has 0 radical (unpaired) electrons. The molecule has 6 nitrogen and oxygen atoms in total. The minimum atomic E-state index is -0.321. The second kappa shape index (κ2) is 6.23. The predicted molar refractivity (Wildman–Crippen MR) is 78.9 cm³/mol. The lowest BCUT2D eigenvalue weighted by Gasteiger charge is -2.13. The van der Waals surface area contributed by atoms with Crippen molar-refractivity contribution >= 4 is 35.0 Å². The normalized spacial score (nSPS) is 12.2. The van der Waals surface area contributed by atoms with E-state index < -0.39 is 0 Å². The van der Waals surface area contributed by atoms with E-state index in [1.165, 1.54) is 16.4 Å². The quantitative estimate of drug-likeness (QED) is 0.877. The van der Waals surface area contributed by atoms with Crippen molar-refractivity contribution in [2.45, 2.75) is 24.3 Å². The van der Waals surface area contributed by atoms with E-state index in [9.17, 15) is 4.79 Å². The summed E-state index contributed by atoms with van der Waals surface area (Å²) in [5, 5.41) is 14.9. The first-order valence-electron chi connectivity index (χ1n) is 5.94. The summed E-state index contributed by atoms with van der Waals surface area (Å²) >= 11 is 7.32. The molecule has 106 valence electrons. The van der Waals surface area contributed by atoms with Crippen LogP contribution >= 0.6 is 23.4 Å². The van der Waals surface area contributed by atoms with Gasteiger partial charge in [-0.05, 0) is 42.0 Å². The number of aromatic nitrogens is 4. The van der Waals surface area contributed by atoms with Gasteiger partial charge < -0.3 is 5.32 Å². The molecular formula is C12H14ClN5OS. The van der Waals surface area contributed by atoms with Gasteiger partial charge in [-0.3, -0.25) is 4.79 Å². The van der Waals surface area contributed by atoms with E-state index in [1.54, 1.807) is 26.1 Å². The van der Waals surface area contributed by atoms with E-state index in [0.29, 0.717) is 15.9 Å². The smallest absolute Gasteiger partial charge is 0.237 e. The average Bonchev–Trinajstić information content (AvgIpc) is 2.80. The van der Waals surface area contributed by atoms with E-state index >= 15 is 0 Å². The minimum absolute atomic E-state index is 0.122. The summed E-state index contributed by atoms with van der Waals surface area (Å²) < 4.78 is 1.53. The molecule has 1 heterocycles. The Balaban J connectivity index is 2.04. The maximum Gasteiger partial charge on any atom is 0.237 e. The van der Waals surface area contributed by atoms with Crippen LogP contribution in [0.2, 0.25) is 5.02 Å². The van der Waals surface area contributed by atoms with Crippen molar-refractivity contribution in [1.82, 2.24) is 20.2 Å². The third-order valence-corrected chi connectivity index (χ3v) is 4.29. The van der Waals surface area contributed by atoms with E-state index in [-0.39, 0.29) is 11.2 Å². The van der Waals surface area contributed by atoms with Gasteiger partial charge in [-0.25, -0.2) is 4.68 Å². The van der Waals surface area contributed by atoms with Crippen LogP contribution in [0.25, 0.3) is 0 Å². The van der Waals surface area contributed by atoms with Gasteiger partial charge in [0.25, 0.3) is 0 Å². The number of hydrogen-bond acceptors (Lipinski definition) is 5. The molecule has 0 spiro atoms. The molecule has 0 aliphatic heterocycles. The number of rotatable bonds is 4. The van der Waals surface area contributed by atoms with Crippen LogP contribution in [0.15, 0.2) is 23.4 Å². The molecule has 0 saturated heterocycles. The monoisotopic (exact) mass is 311 g/mol. The highest BCUT2D eigenvalue weighted by atomic mass is 35.5.